The average molecular weight is 276 g/mol. The van der Waals surface area contributed by atoms with E-state index in [0.717, 1.165) is 17.8 Å². The first kappa shape index (κ1) is 12.9. The molecule has 0 radical (unpaired) electrons. The minimum absolute atomic E-state index is 0.167. The maximum Gasteiger partial charge on any atom is 0.293 e. The molecule has 1 N–H and O–H groups in total. The van der Waals surface area contributed by atoms with Crippen LogP contribution in [0, 0.1) is 0 Å². The Bertz CT molecular complexity index is 578. The number of hydrogen-bond acceptors (Lipinski definition) is 5. The molecule has 2 aromatic heterocycles. The normalized spacial score (nSPS) is 19.2. The van der Waals surface area contributed by atoms with Crippen molar-refractivity contribution in [3.8, 4) is 0 Å². The van der Waals surface area contributed by atoms with E-state index in [2.05, 4.69) is 15.4 Å². The fraction of sp³-hybridized carbons (Fsp3) is 0.462. The Labute approximate surface area is 115 Å². The largest absolute Gasteiger partial charge is 0.377 e. The molecule has 20 heavy (non-hydrogen) atoms. The molecule has 3 heterocycles. The average Bonchev–Trinajstić information content (AvgIpc) is 3.17. The number of hydrogen-bond donors (Lipinski definition) is 1. The van der Waals surface area contributed by atoms with E-state index >= 15 is 0 Å². The first-order chi connectivity index (χ1) is 9.79. The van der Waals surface area contributed by atoms with Gasteiger partial charge in [0.15, 0.2) is 0 Å². The molecule has 0 saturated carbocycles. The van der Waals surface area contributed by atoms with Gasteiger partial charge in [-0.2, -0.15) is 5.10 Å². The second-order valence-electron chi connectivity index (χ2n) is 4.64. The second-order valence-corrected chi connectivity index (χ2v) is 4.64. The van der Waals surface area contributed by atoms with Crippen molar-refractivity contribution in [3.63, 3.8) is 0 Å². The topological polar surface area (TPSA) is 84.3 Å². The number of carbonyl (C=O) groups excluding carboxylic acids is 1. The van der Waals surface area contributed by atoms with Crippen LogP contribution in [-0.4, -0.2) is 45.9 Å². The Morgan fingerprint density at radius 3 is 3.20 bits per heavy atom. The lowest BCUT2D eigenvalue weighted by molar-refractivity contribution is -0.00584. The molecule has 0 unspecified atom stereocenters. The summed E-state index contributed by atoms with van der Waals surface area (Å²) < 4.78 is 10.6. The molecule has 1 fully saturated rings. The van der Waals surface area contributed by atoms with Crippen LogP contribution in [0.1, 0.15) is 34.9 Å². The van der Waals surface area contributed by atoms with Crippen LogP contribution < -0.4 is 0 Å². The minimum Gasteiger partial charge on any atom is -0.377 e. The van der Waals surface area contributed by atoms with Crippen molar-refractivity contribution in [2.45, 2.75) is 19.4 Å². The van der Waals surface area contributed by atoms with Crippen LogP contribution in [-0.2, 0) is 11.2 Å². The summed E-state index contributed by atoms with van der Waals surface area (Å²) in [5, 5.41) is 10.7. The number of carbonyl (C=O) groups is 1. The van der Waals surface area contributed by atoms with Gasteiger partial charge in [-0.15, -0.1) is 0 Å². The SMILES string of the molecule is CCc1cc(C(=O)N2CCOC[C@@H]2c2ccn[nH]2)on1. The third kappa shape index (κ3) is 2.32. The summed E-state index contributed by atoms with van der Waals surface area (Å²) in [6, 6.07) is 3.37. The Balaban J connectivity index is 1.84. The van der Waals surface area contributed by atoms with Crippen molar-refractivity contribution in [2.75, 3.05) is 19.8 Å². The van der Waals surface area contributed by atoms with Gasteiger partial charge in [0.25, 0.3) is 5.91 Å². The number of aromatic nitrogens is 3. The Kier molecular flexibility index (Phi) is 3.51. The van der Waals surface area contributed by atoms with Gasteiger partial charge in [0, 0.05) is 18.8 Å². The third-order valence-electron chi connectivity index (χ3n) is 3.40. The van der Waals surface area contributed by atoms with Crippen LogP contribution in [0.4, 0.5) is 0 Å². The van der Waals surface area contributed by atoms with Gasteiger partial charge in [-0.1, -0.05) is 12.1 Å². The summed E-state index contributed by atoms with van der Waals surface area (Å²) in [6.07, 6.45) is 2.40. The number of rotatable bonds is 3. The van der Waals surface area contributed by atoms with Crippen molar-refractivity contribution < 1.29 is 14.1 Å². The maximum absolute atomic E-state index is 12.5. The lowest BCUT2D eigenvalue weighted by Gasteiger charge is -2.34. The van der Waals surface area contributed by atoms with E-state index in [9.17, 15) is 4.79 Å². The van der Waals surface area contributed by atoms with Gasteiger partial charge in [-0.05, 0) is 12.5 Å². The smallest absolute Gasteiger partial charge is 0.293 e. The van der Waals surface area contributed by atoms with Crippen LogP contribution >= 0.6 is 0 Å². The highest BCUT2D eigenvalue weighted by atomic mass is 16.5. The first-order valence-corrected chi connectivity index (χ1v) is 6.63. The summed E-state index contributed by atoms with van der Waals surface area (Å²) in [5.74, 6) is 0.105. The zero-order chi connectivity index (χ0) is 13.9. The zero-order valence-corrected chi connectivity index (χ0v) is 11.2. The lowest BCUT2D eigenvalue weighted by atomic mass is 10.1. The molecule has 0 bridgehead atoms. The zero-order valence-electron chi connectivity index (χ0n) is 11.2. The van der Waals surface area contributed by atoms with Gasteiger partial charge in [0.1, 0.15) is 0 Å². The van der Waals surface area contributed by atoms with Gasteiger partial charge >= 0.3 is 0 Å². The Morgan fingerprint density at radius 2 is 2.50 bits per heavy atom. The summed E-state index contributed by atoms with van der Waals surface area (Å²) >= 11 is 0. The maximum atomic E-state index is 12.5. The Hall–Kier alpha value is -2.15. The number of ether oxygens (including phenoxy) is 1. The number of nitrogens with zero attached hydrogens (tertiary/aromatic N) is 3. The standard InChI is InChI=1S/C13H16N4O3/c1-2-9-7-12(20-16-9)13(18)17-5-6-19-8-11(17)10-3-4-14-15-10/h3-4,7,11H,2,5-6,8H2,1H3,(H,14,15)/t11-/m1/s1. The van der Waals surface area contributed by atoms with Crippen LogP contribution in [0.3, 0.4) is 0 Å². The van der Waals surface area contributed by atoms with Gasteiger partial charge in [-0.25, -0.2) is 0 Å². The molecule has 3 rings (SSSR count). The highest BCUT2D eigenvalue weighted by molar-refractivity contribution is 5.91. The minimum atomic E-state index is -0.172. The van der Waals surface area contributed by atoms with Gasteiger partial charge in [0.05, 0.1) is 30.6 Å². The summed E-state index contributed by atoms with van der Waals surface area (Å²) in [6.45, 7) is 3.45. The van der Waals surface area contributed by atoms with Crippen LogP contribution in [0.25, 0.3) is 0 Å². The molecule has 106 valence electrons. The molecule has 1 amide bonds. The van der Waals surface area contributed by atoms with Crippen LogP contribution in [0.15, 0.2) is 22.9 Å². The monoisotopic (exact) mass is 276 g/mol. The predicted octanol–water partition coefficient (Wildman–Crippen LogP) is 1.17. The summed E-state index contributed by atoms with van der Waals surface area (Å²) in [4.78, 5) is 14.3. The molecule has 0 spiro atoms. The molecule has 1 aliphatic rings. The molecule has 1 atom stereocenters. The van der Waals surface area contributed by atoms with Crippen molar-refractivity contribution in [1.29, 1.82) is 0 Å². The molecule has 1 saturated heterocycles. The molecule has 2 aromatic rings. The predicted molar refractivity (Wildman–Crippen MR) is 69.1 cm³/mol. The molecule has 7 heteroatoms. The molecule has 0 aliphatic carbocycles. The summed E-state index contributed by atoms with van der Waals surface area (Å²) in [7, 11) is 0. The van der Waals surface area contributed by atoms with E-state index in [4.69, 9.17) is 9.26 Å². The van der Waals surface area contributed by atoms with E-state index in [1.54, 1.807) is 17.2 Å². The van der Waals surface area contributed by atoms with Gasteiger partial charge < -0.3 is 14.2 Å². The highest BCUT2D eigenvalue weighted by Gasteiger charge is 2.32. The van der Waals surface area contributed by atoms with Gasteiger partial charge in [0.2, 0.25) is 5.76 Å². The van der Waals surface area contributed by atoms with Crippen molar-refractivity contribution in [3.05, 3.63) is 35.5 Å². The van der Waals surface area contributed by atoms with E-state index in [1.165, 1.54) is 0 Å². The van der Waals surface area contributed by atoms with Crippen molar-refractivity contribution >= 4 is 5.91 Å². The number of nitrogens with one attached hydrogen (secondary N) is 1. The van der Waals surface area contributed by atoms with Crippen molar-refractivity contribution in [1.82, 2.24) is 20.3 Å². The number of morpholine rings is 1. The fourth-order valence-electron chi connectivity index (χ4n) is 2.28. The Morgan fingerprint density at radius 1 is 1.60 bits per heavy atom. The first-order valence-electron chi connectivity index (χ1n) is 6.63. The van der Waals surface area contributed by atoms with Crippen LogP contribution in [0.2, 0.25) is 0 Å². The quantitative estimate of drug-likeness (QED) is 0.909. The van der Waals surface area contributed by atoms with Gasteiger partial charge in [-0.3, -0.25) is 9.89 Å². The highest BCUT2D eigenvalue weighted by Crippen LogP contribution is 2.24. The van der Waals surface area contributed by atoms with Crippen molar-refractivity contribution in [2.24, 2.45) is 0 Å². The molecule has 1 aliphatic heterocycles. The fourth-order valence-corrected chi connectivity index (χ4v) is 2.28. The van der Waals surface area contributed by atoms with Crippen LogP contribution in [0.5, 0.6) is 0 Å². The van der Waals surface area contributed by atoms with E-state index in [-0.39, 0.29) is 17.7 Å². The lowest BCUT2D eigenvalue weighted by Crippen LogP contribution is -2.43. The van der Waals surface area contributed by atoms with E-state index < -0.39 is 0 Å². The number of aromatic amines is 1. The third-order valence-corrected chi connectivity index (χ3v) is 3.40. The molecular formula is C13H16N4O3. The molecular weight excluding hydrogens is 260 g/mol. The number of aryl methyl sites for hydroxylation is 1. The van der Waals surface area contributed by atoms with E-state index in [1.807, 2.05) is 13.0 Å². The number of amides is 1. The second kappa shape index (κ2) is 5.46. The summed E-state index contributed by atoms with van der Waals surface area (Å²) in [5.41, 5.74) is 1.63. The molecule has 7 nitrogen and oxygen atoms in total. The number of H-pyrrole nitrogens is 1. The molecule has 0 aromatic carbocycles. The van der Waals surface area contributed by atoms with E-state index in [0.29, 0.717) is 19.8 Å².